The summed E-state index contributed by atoms with van der Waals surface area (Å²) in [6.45, 7) is 5.27. The molecule has 3 rings (SSSR count). The second-order valence-corrected chi connectivity index (χ2v) is 7.91. The summed E-state index contributed by atoms with van der Waals surface area (Å²) in [5.41, 5.74) is 8.26. The first-order valence-corrected chi connectivity index (χ1v) is 10.0. The fraction of sp³-hybridized carbons (Fsp3) is 0.391. The first-order chi connectivity index (χ1) is 13.9. The molecule has 6 heteroatoms. The van der Waals surface area contributed by atoms with Crippen LogP contribution in [0, 0.1) is 0 Å². The fourth-order valence-corrected chi connectivity index (χ4v) is 3.33. The predicted molar refractivity (Wildman–Crippen MR) is 114 cm³/mol. The second kappa shape index (κ2) is 9.09. The predicted octanol–water partition coefficient (Wildman–Crippen LogP) is 3.88. The highest BCUT2D eigenvalue weighted by atomic mass is 16.6. The SMILES string of the molecule is CC(C)c1ccc(NC(=O)C2(N)CCN(C(=O)OCc3ccccc3)CC2)cc1. The molecule has 0 atom stereocenters. The molecule has 0 aromatic heterocycles. The van der Waals surface area contributed by atoms with Gasteiger partial charge in [-0.1, -0.05) is 56.3 Å². The molecule has 0 unspecified atom stereocenters. The van der Waals surface area contributed by atoms with Gasteiger partial charge in [0, 0.05) is 18.8 Å². The van der Waals surface area contributed by atoms with Gasteiger partial charge >= 0.3 is 6.09 Å². The molecule has 1 fully saturated rings. The Hall–Kier alpha value is -2.86. The number of hydrogen-bond acceptors (Lipinski definition) is 4. The monoisotopic (exact) mass is 395 g/mol. The van der Waals surface area contributed by atoms with Gasteiger partial charge in [0.05, 0.1) is 5.54 Å². The highest BCUT2D eigenvalue weighted by molar-refractivity contribution is 5.98. The van der Waals surface area contributed by atoms with Gasteiger partial charge in [-0.3, -0.25) is 4.79 Å². The molecule has 2 amide bonds. The molecule has 29 heavy (non-hydrogen) atoms. The fourth-order valence-electron chi connectivity index (χ4n) is 3.33. The molecular weight excluding hydrogens is 366 g/mol. The van der Waals surface area contributed by atoms with Crippen molar-refractivity contribution in [3.05, 3.63) is 65.7 Å². The van der Waals surface area contributed by atoms with E-state index in [1.807, 2.05) is 54.6 Å². The lowest BCUT2D eigenvalue weighted by molar-refractivity contribution is -0.122. The number of amides is 2. The van der Waals surface area contributed by atoms with Crippen molar-refractivity contribution in [2.75, 3.05) is 18.4 Å². The van der Waals surface area contributed by atoms with Crippen molar-refractivity contribution in [1.82, 2.24) is 4.90 Å². The number of nitrogens with two attached hydrogens (primary N) is 1. The third kappa shape index (κ3) is 5.35. The number of benzene rings is 2. The number of nitrogens with one attached hydrogen (secondary N) is 1. The normalized spacial score (nSPS) is 15.8. The van der Waals surface area contributed by atoms with E-state index in [2.05, 4.69) is 19.2 Å². The molecule has 1 aliphatic rings. The van der Waals surface area contributed by atoms with Crippen LogP contribution in [-0.2, 0) is 16.1 Å². The molecule has 0 aliphatic carbocycles. The van der Waals surface area contributed by atoms with Crippen LogP contribution in [0.15, 0.2) is 54.6 Å². The van der Waals surface area contributed by atoms with Gasteiger partial charge in [0.2, 0.25) is 5.91 Å². The highest BCUT2D eigenvalue weighted by Gasteiger charge is 2.39. The van der Waals surface area contributed by atoms with Gasteiger partial charge in [-0.25, -0.2) is 4.79 Å². The van der Waals surface area contributed by atoms with Crippen molar-refractivity contribution in [2.24, 2.45) is 5.73 Å². The molecule has 3 N–H and O–H groups in total. The molecule has 154 valence electrons. The van der Waals surface area contributed by atoms with Gasteiger partial charge in [-0.2, -0.15) is 0 Å². The standard InChI is InChI=1S/C23H29N3O3/c1-17(2)19-8-10-20(11-9-19)25-21(27)23(24)12-14-26(15-13-23)22(28)29-16-18-6-4-3-5-7-18/h3-11,17H,12-16,24H2,1-2H3,(H,25,27). The molecule has 1 saturated heterocycles. The van der Waals surface area contributed by atoms with E-state index in [0.29, 0.717) is 31.8 Å². The van der Waals surface area contributed by atoms with E-state index in [1.165, 1.54) is 5.56 Å². The molecule has 6 nitrogen and oxygen atoms in total. The van der Waals surface area contributed by atoms with Gasteiger partial charge in [0.1, 0.15) is 6.61 Å². The van der Waals surface area contributed by atoms with Crippen LogP contribution in [0.25, 0.3) is 0 Å². The Labute approximate surface area is 172 Å². The van der Waals surface area contributed by atoms with Crippen molar-refractivity contribution in [3.8, 4) is 0 Å². The lowest BCUT2D eigenvalue weighted by Crippen LogP contribution is -2.58. The number of likely N-dealkylation sites (tertiary alicyclic amines) is 1. The smallest absolute Gasteiger partial charge is 0.410 e. The first kappa shape index (κ1) is 20.9. The number of anilines is 1. The van der Waals surface area contributed by atoms with Crippen LogP contribution >= 0.6 is 0 Å². The Kier molecular flexibility index (Phi) is 6.54. The Morgan fingerprint density at radius 1 is 1.07 bits per heavy atom. The summed E-state index contributed by atoms with van der Waals surface area (Å²) in [5, 5.41) is 2.91. The number of nitrogens with zero attached hydrogens (tertiary/aromatic N) is 1. The maximum absolute atomic E-state index is 12.7. The molecule has 0 bridgehead atoms. The quantitative estimate of drug-likeness (QED) is 0.805. The zero-order valence-electron chi connectivity index (χ0n) is 17.1. The molecule has 1 aliphatic heterocycles. The van der Waals surface area contributed by atoms with Gasteiger partial charge < -0.3 is 20.7 Å². The van der Waals surface area contributed by atoms with Gasteiger partial charge in [-0.15, -0.1) is 0 Å². The number of ether oxygens (including phenoxy) is 1. The number of carbonyl (C=O) groups excluding carboxylic acids is 2. The summed E-state index contributed by atoms with van der Waals surface area (Å²) in [5.74, 6) is 0.221. The van der Waals surface area contributed by atoms with E-state index in [0.717, 1.165) is 11.3 Å². The van der Waals surface area contributed by atoms with E-state index in [4.69, 9.17) is 10.5 Å². The summed E-state index contributed by atoms with van der Waals surface area (Å²) in [4.78, 5) is 26.6. The molecule has 2 aromatic rings. The highest BCUT2D eigenvalue weighted by Crippen LogP contribution is 2.23. The van der Waals surface area contributed by atoms with Gasteiger partial charge in [-0.05, 0) is 42.0 Å². The number of hydrogen-bond donors (Lipinski definition) is 2. The summed E-state index contributed by atoms with van der Waals surface area (Å²) >= 11 is 0. The number of carbonyl (C=O) groups is 2. The van der Waals surface area contributed by atoms with Crippen LogP contribution in [-0.4, -0.2) is 35.5 Å². The number of piperidine rings is 1. The lowest BCUT2D eigenvalue weighted by atomic mass is 9.87. The topological polar surface area (TPSA) is 84.7 Å². The first-order valence-electron chi connectivity index (χ1n) is 10.0. The third-order valence-electron chi connectivity index (χ3n) is 5.41. The summed E-state index contributed by atoms with van der Waals surface area (Å²) in [7, 11) is 0. The minimum atomic E-state index is -0.993. The molecule has 0 radical (unpaired) electrons. The Morgan fingerprint density at radius 3 is 2.28 bits per heavy atom. The van der Waals surface area contributed by atoms with Gasteiger partial charge in [0.15, 0.2) is 0 Å². The van der Waals surface area contributed by atoms with E-state index in [9.17, 15) is 9.59 Å². The van der Waals surface area contributed by atoms with Crippen molar-refractivity contribution in [1.29, 1.82) is 0 Å². The molecule has 0 spiro atoms. The van der Waals surface area contributed by atoms with Crippen LogP contribution in [0.5, 0.6) is 0 Å². The van der Waals surface area contributed by atoms with Crippen LogP contribution in [0.3, 0.4) is 0 Å². The minimum Gasteiger partial charge on any atom is -0.445 e. The zero-order chi connectivity index (χ0) is 20.9. The maximum Gasteiger partial charge on any atom is 0.410 e. The molecule has 2 aromatic carbocycles. The van der Waals surface area contributed by atoms with Crippen LogP contribution in [0.2, 0.25) is 0 Å². The number of rotatable bonds is 5. The van der Waals surface area contributed by atoms with Crippen molar-refractivity contribution >= 4 is 17.7 Å². The molecule has 0 saturated carbocycles. The minimum absolute atomic E-state index is 0.216. The molecular formula is C23H29N3O3. The Balaban J connectivity index is 1.50. The van der Waals surface area contributed by atoms with Crippen LogP contribution in [0.1, 0.15) is 43.7 Å². The van der Waals surface area contributed by atoms with Crippen LogP contribution < -0.4 is 11.1 Å². The van der Waals surface area contributed by atoms with Crippen LogP contribution in [0.4, 0.5) is 10.5 Å². The second-order valence-electron chi connectivity index (χ2n) is 7.91. The van der Waals surface area contributed by atoms with Gasteiger partial charge in [0.25, 0.3) is 0 Å². The Morgan fingerprint density at radius 2 is 1.69 bits per heavy atom. The molecule has 1 heterocycles. The average molecular weight is 396 g/mol. The van der Waals surface area contributed by atoms with Crippen molar-refractivity contribution in [3.63, 3.8) is 0 Å². The van der Waals surface area contributed by atoms with E-state index < -0.39 is 5.54 Å². The summed E-state index contributed by atoms with van der Waals surface area (Å²) < 4.78 is 5.37. The summed E-state index contributed by atoms with van der Waals surface area (Å²) in [6, 6.07) is 17.4. The van der Waals surface area contributed by atoms with Crippen molar-refractivity contribution < 1.29 is 14.3 Å². The average Bonchev–Trinajstić information content (AvgIpc) is 2.73. The maximum atomic E-state index is 12.7. The van der Waals surface area contributed by atoms with E-state index in [-0.39, 0.29) is 18.6 Å². The van der Waals surface area contributed by atoms with Crippen molar-refractivity contribution in [2.45, 2.75) is 44.8 Å². The van der Waals surface area contributed by atoms with E-state index in [1.54, 1.807) is 4.90 Å². The zero-order valence-corrected chi connectivity index (χ0v) is 17.1. The lowest BCUT2D eigenvalue weighted by Gasteiger charge is -2.37. The summed E-state index contributed by atoms with van der Waals surface area (Å²) in [6.07, 6.45) is 0.410. The third-order valence-corrected chi connectivity index (χ3v) is 5.41. The van der Waals surface area contributed by atoms with E-state index >= 15 is 0 Å². The largest absolute Gasteiger partial charge is 0.445 e. The Bertz CT molecular complexity index is 826.